The maximum absolute atomic E-state index is 12.5. The lowest BCUT2D eigenvalue weighted by molar-refractivity contribution is 0.102. The van der Waals surface area contributed by atoms with E-state index in [0.717, 1.165) is 18.8 Å². The normalized spacial score (nSPS) is 17.4. The van der Waals surface area contributed by atoms with Gasteiger partial charge in [0.25, 0.3) is 5.91 Å². The minimum absolute atomic E-state index is 0.133. The summed E-state index contributed by atoms with van der Waals surface area (Å²) in [5.74, 6) is 0.431. The summed E-state index contributed by atoms with van der Waals surface area (Å²) in [5.41, 5.74) is 1.69. The highest BCUT2D eigenvalue weighted by molar-refractivity contribution is 7.89. The fourth-order valence-electron chi connectivity index (χ4n) is 3.38. The SMILES string of the molecule is CC1CCN(c2ccc(NC(=O)c3ccc(S(=O)(=O)NC(C)(C)C)cc3)cc2)C1. The maximum atomic E-state index is 12.5. The van der Waals surface area contributed by atoms with E-state index in [1.807, 2.05) is 24.3 Å². The summed E-state index contributed by atoms with van der Waals surface area (Å²) in [6.07, 6.45) is 1.20. The molecule has 1 saturated heterocycles. The molecule has 6 nitrogen and oxygen atoms in total. The van der Waals surface area contributed by atoms with Crippen molar-refractivity contribution in [2.24, 2.45) is 5.92 Å². The quantitative estimate of drug-likeness (QED) is 0.777. The zero-order valence-electron chi connectivity index (χ0n) is 17.4. The zero-order valence-corrected chi connectivity index (χ0v) is 18.2. The van der Waals surface area contributed by atoms with Crippen LogP contribution in [-0.4, -0.2) is 33.0 Å². The van der Waals surface area contributed by atoms with Crippen LogP contribution in [-0.2, 0) is 10.0 Å². The van der Waals surface area contributed by atoms with E-state index < -0.39 is 15.6 Å². The van der Waals surface area contributed by atoms with E-state index in [1.54, 1.807) is 20.8 Å². The topological polar surface area (TPSA) is 78.5 Å². The first kappa shape index (κ1) is 21.3. The molecule has 1 heterocycles. The van der Waals surface area contributed by atoms with Crippen molar-refractivity contribution < 1.29 is 13.2 Å². The van der Waals surface area contributed by atoms with E-state index in [4.69, 9.17) is 0 Å². The summed E-state index contributed by atoms with van der Waals surface area (Å²) in [5, 5.41) is 2.86. The number of nitrogens with one attached hydrogen (secondary N) is 2. The van der Waals surface area contributed by atoms with Gasteiger partial charge in [-0.05, 0) is 81.6 Å². The number of carbonyl (C=O) groups excluding carboxylic acids is 1. The molecular weight excluding hydrogens is 386 g/mol. The molecule has 0 bridgehead atoms. The number of hydrogen-bond acceptors (Lipinski definition) is 4. The molecule has 0 radical (unpaired) electrons. The van der Waals surface area contributed by atoms with E-state index in [2.05, 4.69) is 21.9 Å². The van der Waals surface area contributed by atoms with Gasteiger partial charge in [0.15, 0.2) is 0 Å². The number of anilines is 2. The molecule has 2 aromatic rings. The molecule has 7 heteroatoms. The lowest BCUT2D eigenvalue weighted by Crippen LogP contribution is -2.40. The zero-order chi connectivity index (χ0) is 21.2. The molecule has 3 rings (SSSR count). The Morgan fingerprint density at radius 1 is 1.03 bits per heavy atom. The van der Waals surface area contributed by atoms with Crippen LogP contribution in [0.25, 0.3) is 0 Å². The van der Waals surface area contributed by atoms with Crippen LogP contribution in [0.15, 0.2) is 53.4 Å². The number of amides is 1. The summed E-state index contributed by atoms with van der Waals surface area (Å²) < 4.78 is 27.3. The molecule has 1 fully saturated rings. The Morgan fingerprint density at radius 3 is 2.17 bits per heavy atom. The number of sulfonamides is 1. The molecule has 0 spiro atoms. The summed E-state index contributed by atoms with van der Waals surface area (Å²) in [4.78, 5) is 15.0. The highest BCUT2D eigenvalue weighted by Gasteiger charge is 2.22. The Hall–Kier alpha value is -2.38. The highest BCUT2D eigenvalue weighted by Crippen LogP contribution is 2.25. The molecule has 156 valence electrons. The second-order valence-corrected chi connectivity index (χ2v) is 10.4. The molecule has 1 atom stereocenters. The van der Waals surface area contributed by atoms with Crippen molar-refractivity contribution in [3.8, 4) is 0 Å². The van der Waals surface area contributed by atoms with Gasteiger partial charge in [-0.15, -0.1) is 0 Å². The molecule has 2 N–H and O–H groups in total. The lowest BCUT2D eigenvalue weighted by atomic mass is 10.1. The smallest absolute Gasteiger partial charge is 0.255 e. The first-order valence-corrected chi connectivity index (χ1v) is 11.3. The van der Waals surface area contributed by atoms with Crippen molar-refractivity contribution in [3.05, 3.63) is 54.1 Å². The number of carbonyl (C=O) groups is 1. The Kier molecular flexibility index (Phi) is 6.00. The maximum Gasteiger partial charge on any atom is 0.255 e. The predicted octanol–water partition coefficient (Wildman–Crippen LogP) is 3.86. The largest absolute Gasteiger partial charge is 0.371 e. The minimum Gasteiger partial charge on any atom is -0.371 e. The Bertz CT molecular complexity index is 962. The van der Waals surface area contributed by atoms with Crippen LogP contribution in [0.4, 0.5) is 11.4 Å². The fourth-order valence-corrected chi connectivity index (χ4v) is 4.79. The minimum atomic E-state index is -3.62. The van der Waals surface area contributed by atoms with Crippen LogP contribution in [0.5, 0.6) is 0 Å². The highest BCUT2D eigenvalue weighted by atomic mass is 32.2. The van der Waals surface area contributed by atoms with Gasteiger partial charge in [-0.3, -0.25) is 4.79 Å². The number of hydrogen-bond donors (Lipinski definition) is 2. The van der Waals surface area contributed by atoms with E-state index in [9.17, 15) is 13.2 Å². The molecule has 0 aliphatic carbocycles. The van der Waals surface area contributed by atoms with Gasteiger partial charge in [-0.2, -0.15) is 0 Å². The summed E-state index contributed by atoms with van der Waals surface area (Å²) in [6, 6.07) is 13.7. The predicted molar refractivity (Wildman–Crippen MR) is 117 cm³/mol. The van der Waals surface area contributed by atoms with Crippen LogP contribution in [0.2, 0.25) is 0 Å². The monoisotopic (exact) mass is 415 g/mol. The van der Waals surface area contributed by atoms with Crippen LogP contribution in [0, 0.1) is 5.92 Å². The van der Waals surface area contributed by atoms with Crippen LogP contribution in [0.1, 0.15) is 44.5 Å². The van der Waals surface area contributed by atoms with E-state index in [-0.39, 0.29) is 10.8 Å². The van der Waals surface area contributed by atoms with Gasteiger partial charge >= 0.3 is 0 Å². The Balaban J connectivity index is 1.65. The first-order chi connectivity index (χ1) is 13.5. The average Bonchev–Trinajstić information content (AvgIpc) is 3.07. The van der Waals surface area contributed by atoms with Gasteiger partial charge in [0, 0.05) is 35.6 Å². The molecule has 1 aliphatic rings. The molecule has 1 aliphatic heterocycles. The molecule has 1 amide bonds. The summed E-state index contributed by atoms with van der Waals surface area (Å²) in [7, 11) is -3.62. The second-order valence-electron chi connectivity index (χ2n) is 8.72. The van der Waals surface area contributed by atoms with Crippen molar-refractivity contribution in [2.45, 2.75) is 44.6 Å². The van der Waals surface area contributed by atoms with Gasteiger partial charge in [-0.25, -0.2) is 13.1 Å². The van der Waals surface area contributed by atoms with Crippen molar-refractivity contribution in [3.63, 3.8) is 0 Å². The Labute approximate surface area is 173 Å². The summed E-state index contributed by atoms with van der Waals surface area (Å²) >= 11 is 0. The van der Waals surface area contributed by atoms with Gasteiger partial charge in [0.2, 0.25) is 10.0 Å². The molecule has 1 unspecified atom stereocenters. The second kappa shape index (κ2) is 8.16. The van der Waals surface area contributed by atoms with Crippen LogP contribution >= 0.6 is 0 Å². The van der Waals surface area contributed by atoms with Gasteiger partial charge in [-0.1, -0.05) is 6.92 Å². The van der Waals surface area contributed by atoms with Crippen LogP contribution < -0.4 is 14.9 Å². The van der Waals surface area contributed by atoms with E-state index in [0.29, 0.717) is 17.2 Å². The molecule has 29 heavy (non-hydrogen) atoms. The average molecular weight is 416 g/mol. The molecule has 0 saturated carbocycles. The van der Waals surface area contributed by atoms with Gasteiger partial charge < -0.3 is 10.2 Å². The number of nitrogens with zero attached hydrogens (tertiary/aromatic N) is 1. The first-order valence-electron chi connectivity index (χ1n) is 9.84. The van der Waals surface area contributed by atoms with Crippen molar-refractivity contribution in [1.82, 2.24) is 4.72 Å². The third kappa shape index (κ3) is 5.58. The number of benzene rings is 2. The van der Waals surface area contributed by atoms with Gasteiger partial charge in [0.1, 0.15) is 0 Å². The van der Waals surface area contributed by atoms with E-state index >= 15 is 0 Å². The van der Waals surface area contributed by atoms with Gasteiger partial charge in [0.05, 0.1) is 4.90 Å². The third-order valence-electron chi connectivity index (χ3n) is 4.78. The molecule has 0 aromatic heterocycles. The third-order valence-corrected chi connectivity index (χ3v) is 6.56. The summed E-state index contributed by atoms with van der Waals surface area (Å²) in [6.45, 7) is 9.72. The van der Waals surface area contributed by atoms with Crippen molar-refractivity contribution in [1.29, 1.82) is 0 Å². The van der Waals surface area contributed by atoms with E-state index in [1.165, 1.54) is 30.7 Å². The Morgan fingerprint density at radius 2 is 1.66 bits per heavy atom. The number of rotatable bonds is 5. The van der Waals surface area contributed by atoms with Crippen LogP contribution in [0.3, 0.4) is 0 Å². The molecular formula is C22H29N3O3S. The lowest BCUT2D eigenvalue weighted by Gasteiger charge is -2.20. The van der Waals surface area contributed by atoms with Crippen molar-refractivity contribution in [2.75, 3.05) is 23.3 Å². The standard InChI is InChI=1S/C22H29N3O3S/c1-16-13-14-25(15-16)19-9-7-18(8-10-19)23-21(26)17-5-11-20(12-6-17)29(27,28)24-22(2,3)4/h5-12,16,24H,13-15H2,1-4H3,(H,23,26). The van der Waals surface area contributed by atoms with Crippen molar-refractivity contribution >= 4 is 27.3 Å². The molecule has 2 aromatic carbocycles. The fraction of sp³-hybridized carbons (Fsp3) is 0.409.